The first-order valence-corrected chi connectivity index (χ1v) is 10.8. The van der Waals surface area contributed by atoms with Gasteiger partial charge in [0.1, 0.15) is 0 Å². The Morgan fingerprint density at radius 1 is 0.968 bits per heavy atom. The highest BCUT2D eigenvalue weighted by Crippen LogP contribution is 2.32. The van der Waals surface area contributed by atoms with Crippen LogP contribution < -0.4 is 10.6 Å². The largest absolute Gasteiger partial charge is 0.326 e. The number of carbonyl (C=O) groups excluding carboxylic acids is 2. The summed E-state index contributed by atoms with van der Waals surface area (Å²) in [7, 11) is 0. The van der Waals surface area contributed by atoms with Crippen molar-refractivity contribution in [2.75, 3.05) is 10.6 Å². The summed E-state index contributed by atoms with van der Waals surface area (Å²) in [6, 6.07) is 25.3. The third-order valence-electron chi connectivity index (χ3n) is 5.29. The van der Waals surface area contributed by atoms with Gasteiger partial charge in [-0.1, -0.05) is 66.7 Å². The Balaban J connectivity index is 1.40. The van der Waals surface area contributed by atoms with Crippen molar-refractivity contribution in [3.05, 3.63) is 101 Å². The van der Waals surface area contributed by atoms with Crippen LogP contribution in [0.3, 0.4) is 0 Å². The number of fused-ring (bicyclic) bond motifs is 1. The Labute approximate surface area is 183 Å². The molecule has 4 aromatic rings. The molecule has 0 radical (unpaired) electrons. The average molecular weight is 426 g/mol. The van der Waals surface area contributed by atoms with Crippen molar-refractivity contribution in [1.29, 1.82) is 0 Å². The Kier molecular flexibility index (Phi) is 5.06. The number of hydrogen-bond donors (Lipinski definition) is 2. The van der Waals surface area contributed by atoms with Gasteiger partial charge in [-0.3, -0.25) is 9.59 Å². The van der Waals surface area contributed by atoms with E-state index in [2.05, 4.69) is 15.6 Å². The minimum atomic E-state index is -0.424. The normalized spacial score (nSPS) is 12.5. The molecule has 0 saturated heterocycles. The fourth-order valence-electron chi connectivity index (χ4n) is 3.82. The summed E-state index contributed by atoms with van der Waals surface area (Å²) in [5, 5.41) is 8.29. The lowest BCUT2D eigenvalue weighted by atomic mass is 9.90. The molecule has 0 fully saturated rings. The molecule has 2 N–H and O–H groups in total. The van der Waals surface area contributed by atoms with Gasteiger partial charge in [-0.15, -0.1) is 11.3 Å². The smallest absolute Gasteiger partial charge is 0.238 e. The van der Waals surface area contributed by atoms with E-state index in [0.717, 1.165) is 33.6 Å². The van der Waals surface area contributed by atoms with Crippen molar-refractivity contribution < 1.29 is 9.59 Å². The first kappa shape index (κ1) is 19.2. The van der Waals surface area contributed by atoms with Gasteiger partial charge >= 0.3 is 0 Å². The molecule has 5 rings (SSSR count). The number of carbonyl (C=O) groups is 2. The van der Waals surface area contributed by atoms with Gasteiger partial charge in [0.25, 0.3) is 0 Å². The predicted molar refractivity (Wildman–Crippen MR) is 123 cm³/mol. The second-order valence-corrected chi connectivity index (χ2v) is 8.24. The van der Waals surface area contributed by atoms with Crippen LogP contribution in [0.25, 0.3) is 11.3 Å². The maximum Gasteiger partial charge on any atom is 0.238 e. The molecule has 1 aromatic heterocycles. The van der Waals surface area contributed by atoms with E-state index in [-0.39, 0.29) is 11.8 Å². The molecule has 0 aliphatic carbocycles. The predicted octanol–water partition coefficient (Wildman–Crippen LogP) is 5.08. The van der Waals surface area contributed by atoms with Gasteiger partial charge in [0.05, 0.1) is 18.0 Å². The molecule has 31 heavy (non-hydrogen) atoms. The van der Waals surface area contributed by atoms with Gasteiger partial charge in [0, 0.05) is 16.6 Å². The molecule has 0 unspecified atom stereocenters. The summed E-state index contributed by atoms with van der Waals surface area (Å²) in [5.41, 5.74) is 5.38. The zero-order valence-corrected chi connectivity index (χ0v) is 17.4. The van der Waals surface area contributed by atoms with Gasteiger partial charge in [-0.25, -0.2) is 4.98 Å². The van der Waals surface area contributed by atoms with E-state index in [1.807, 2.05) is 84.2 Å². The Hall–Kier alpha value is -3.77. The quantitative estimate of drug-likeness (QED) is 0.469. The summed E-state index contributed by atoms with van der Waals surface area (Å²) < 4.78 is 0. The van der Waals surface area contributed by atoms with Crippen LogP contribution in [0.4, 0.5) is 10.8 Å². The molecular weight excluding hydrogens is 406 g/mol. The lowest BCUT2D eigenvalue weighted by molar-refractivity contribution is -0.117. The molecule has 0 saturated carbocycles. The van der Waals surface area contributed by atoms with Crippen LogP contribution >= 0.6 is 11.3 Å². The van der Waals surface area contributed by atoms with Crippen LogP contribution in [0, 0.1) is 0 Å². The van der Waals surface area contributed by atoms with E-state index in [0.29, 0.717) is 11.6 Å². The van der Waals surface area contributed by atoms with Gasteiger partial charge in [-0.05, 0) is 28.8 Å². The summed E-state index contributed by atoms with van der Waals surface area (Å²) in [5.74, 6) is -0.542. The molecule has 0 atom stereocenters. The first-order valence-electron chi connectivity index (χ1n) is 9.97. The number of anilines is 2. The molecule has 6 heteroatoms. The van der Waals surface area contributed by atoms with Crippen molar-refractivity contribution in [3.8, 4) is 11.3 Å². The van der Waals surface area contributed by atoms with Gasteiger partial charge in [0.2, 0.25) is 11.8 Å². The number of hydrogen-bond acceptors (Lipinski definition) is 4. The van der Waals surface area contributed by atoms with Crippen LogP contribution in [-0.4, -0.2) is 16.8 Å². The van der Waals surface area contributed by atoms with Gasteiger partial charge in [0.15, 0.2) is 5.13 Å². The summed E-state index contributed by atoms with van der Waals surface area (Å²) in [4.78, 5) is 29.5. The molecule has 5 nitrogen and oxygen atoms in total. The number of rotatable bonds is 5. The molecular formula is C25H19N3O2S. The Bertz CT molecular complexity index is 1210. The summed E-state index contributed by atoms with van der Waals surface area (Å²) in [6.45, 7) is 0. The molecule has 2 amide bonds. The SMILES string of the molecule is O=C1Cc2cc(-c3csc(NC(=O)C(c4ccccc4)c4ccccc4)n3)ccc2N1. The van der Waals surface area contributed by atoms with Gasteiger partial charge in [-0.2, -0.15) is 0 Å². The monoisotopic (exact) mass is 425 g/mol. The van der Waals surface area contributed by atoms with Crippen molar-refractivity contribution in [2.24, 2.45) is 0 Å². The van der Waals surface area contributed by atoms with Crippen molar-refractivity contribution >= 4 is 34.0 Å². The average Bonchev–Trinajstić information content (AvgIpc) is 3.40. The van der Waals surface area contributed by atoms with E-state index < -0.39 is 5.92 Å². The second-order valence-electron chi connectivity index (χ2n) is 7.38. The van der Waals surface area contributed by atoms with Crippen LogP contribution in [-0.2, 0) is 16.0 Å². The van der Waals surface area contributed by atoms with Crippen molar-refractivity contribution in [1.82, 2.24) is 4.98 Å². The molecule has 3 aromatic carbocycles. The molecule has 0 bridgehead atoms. The van der Waals surface area contributed by atoms with Crippen LogP contribution in [0.15, 0.2) is 84.2 Å². The van der Waals surface area contributed by atoms with Gasteiger partial charge < -0.3 is 10.6 Å². The van der Waals surface area contributed by atoms with Crippen molar-refractivity contribution in [2.45, 2.75) is 12.3 Å². The topological polar surface area (TPSA) is 71.1 Å². The lowest BCUT2D eigenvalue weighted by Crippen LogP contribution is -2.22. The number of thiazole rings is 1. The second kappa shape index (κ2) is 8.16. The van der Waals surface area contributed by atoms with E-state index in [1.165, 1.54) is 11.3 Å². The summed E-state index contributed by atoms with van der Waals surface area (Å²) >= 11 is 1.39. The van der Waals surface area contributed by atoms with Crippen LogP contribution in [0.1, 0.15) is 22.6 Å². The number of aromatic nitrogens is 1. The molecule has 1 aliphatic rings. The third kappa shape index (κ3) is 3.98. The highest BCUT2D eigenvalue weighted by molar-refractivity contribution is 7.14. The minimum Gasteiger partial charge on any atom is -0.326 e. The third-order valence-corrected chi connectivity index (χ3v) is 6.05. The number of nitrogens with one attached hydrogen (secondary N) is 2. The molecule has 2 heterocycles. The van der Waals surface area contributed by atoms with E-state index in [9.17, 15) is 9.59 Å². The highest BCUT2D eigenvalue weighted by Gasteiger charge is 2.24. The van der Waals surface area contributed by atoms with E-state index in [4.69, 9.17) is 0 Å². The van der Waals surface area contributed by atoms with Crippen LogP contribution in [0.2, 0.25) is 0 Å². The highest BCUT2D eigenvalue weighted by atomic mass is 32.1. The number of amides is 2. The minimum absolute atomic E-state index is 0.00578. The lowest BCUT2D eigenvalue weighted by Gasteiger charge is -2.17. The van der Waals surface area contributed by atoms with Crippen molar-refractivity contribution in [3.63, 3.8) is 0 Å². The Morgan fingerprint density at radius 3 is 2.32 bits per heavy atom. The molecule has 0 spiro atoms. The van der Waals surface area contributed by atoms with E-state index in [1.54, 1.807) is 0 Å². The number of benzene rings is 3. The number of nitrogens with zero attached hydrogens (tertiary/aromatic N) is 1. The van der Waals surface area contributed by atoms with Crippen LogP contribution in [0.5, 0.6) is 0 Å². The maximum absolute atomic E-state index is 13.3. The zero-order valence-electron chi connectivity index (χ0n) is 16.5. The first-order chi connectivity index (χ1) is 15.2. The molecule has 1 aliphatic heterocycles. The van der Waals surface area contributed by atoms with E-state index >= 15 is 0 Å². The fraction of sp³-hybridized carbons (Fsp3) is 0.0800. The zero-order chi connectivity index (χ0) is 21.2. The fourth-order valence-corrected chi connectivity index (χ4v) is 4.54. The standard InChI is InChI=1S/C25H19N3O2S/c29-22-14-19-13-18(11-12-20(19)26-22)21-15-31-25(27-21)28-24(30)23(16-7-3-1-4-8-16)17-9-5-2-6-10-17/h1-13,15,23H,14H2,(H,26,29)(H,27,28,30). The maximum atomic E-state index is 13.3. The Morgan fingerprint density at radius 2 is 1.65 bits per heavy atom. The summed E-state index contributed by atoms with van der Waals surface area (Å²) in [6.07, 6.45) is 0.382. The molecule has 152 valence electrons.